The van der Waals surface area contributed by atoms with E-state index >= 15 is 0 Å². The number of ether oxygens (including phenoxy) is 1. The normalized spacial score (nSPS) is 31.9. The number of fused-ring (bicyclic) bond motifs is 1. The lowest BCUT2D eigenvalue weighted by atomic mass is 9.82. The molecule has 0 aromatic heterocycles. The van der Waals surface area contributed by atoms with Gasteiger partial charge in [-0.25, -0.2) is 5.43 Å². The molecular formula is C14H18ClN3O3. The minimum absolute atomic E-state index is 0.140. The minimum Gasteiger partial charge on any atom is -0.357 e. The van der Waals surface area contributed by atoms with Crippen LogP contribution in [0.4, 0.5) is 0 Å². The monoisotopic (exact) mass is 311 g/mol. The molecule has 6 nitrogen and oxygen atoms in total. The number of nitro groups is 1. The molecule has 4 unspecified atom stereocenters. The Bertz CT molecular complexity index is 511. The molecule has 21 heavy (non-hydrogen) atoms. The number of hydrogen-bond acceptors (Lipinski definition) is 5. The van der Waals surface area contributed by atoms with Gasteiger partial charge in [-0.2, -0.15) is 0 Å². The average Bonchev–Trinajstić information content (AvgIpc) is 2.89. The molecule has 4 atom stereocenters. The van der Waals surface area contributed by atoms with E-state index in [9.17, 15) is 10.1 Å². The van der Waals surface area contributed by atoms with Crippen LogP contribution in [0, 0.1) is 16.0 Å². The summed E-state index contributed by atoms with van der Waals surface area (Å²) in [6.45, 7) is 0.461. The highest BCUT2D eigenvalue weighted by Gasteiger charge is 2.44. The van der Waals surface area contributed by atoms with E-state index in [1.165, 1.54) is 0 Å². The van der Waals surface area contributed by atoms with Gasteiger partial charge >= 0.3 is 0 Å². The van der Waals surface area contributed by atoms with Crippen molar-refractivity contribution in [2.45, 2.75) is 44.2 Å². The first kappa shape index (κ1) is 14.7. The second-order valence-corrected chi connectivity index (χ2v) is 6.11. The van der Waals surface area contributed by atoms with E-state index < -0.39 is 6.04 Å². The second-order valence-electron chi connectivity index (χ2n) is 5.67. The van der Waals surface area contributed by atoms with Gasteiger partial charge in [0.1, 0.15) is 6.23 Å². The zero-order valence-corrected chi connectivity index (χ0v) is 12.3. The van der Waals surface area contributed by atoms with E-state index in [1.807, 2.05) is 24.3 Å². The maximum Gasteiger partial charge on any atom is 0.213 e. The Morgan fingerprint density at radius 1 is 1.29 bits per heavy atom. The third-order valence-electron chi connectivity index (χ3n) is 4.31. The number of hydrazine groups is 1. The quantitative estimate of drug-likeness (QED) is 0.658. The molecule has 2 fully saturated rings. The SMILES string of the molecule is O=[N+]([O-])C1CCC2NNC(OCc3ccc(Cl)cc3)C2C1. The van der Waals surface area contributed by atoms with E-state index in [0.29, 0.717) is 24.5 Å². The van der Waals surface area contributed by atoms with Crippen LogP contribution in [0.25, 0.3) is 0 Å². The maximum absolute atomic E-state index is 11.0. The lowest BCUT2D eigenvalue weighted by molar-refractivity contribution is -0.528. The smallest absolute Gasteiger partial charge is 0.213 e. The maximum atomic E-state index is 11.0. The minimum atomic E-state index is -0.449. The molecule has 7 heteroatoms. The topological polar surface area (TPSA) is 76.4 Å². The Morgan fingerprint density at radius 2 is 2.05 bits per heavy atom. The number of rotatable bonds is 4. The molecule has 1 saturated heterocycles. The molecule has 1 aromatic carbocycles. The summed E-state index contributed by atoms with van der Waals surface area (Å²) in [7, 11) is 0. The van der Waals surface area contributed by atoms with Crippen molar-refractivity contribution in [2.75, 3.05) is 0 Å². The van der Waals surface area contributed by atoms with Gasteiger partial charge in [0.25, 0.3) is 0 Å². The first-order valence-corrected chi connectivity index (χ1v) is 7.52. The van der Waals surface area contributed by atoms with E-state index in [1.54, 1.807) is 0 Å². The zero-order valence-electron chi connectivity index (χ0n) is 11.5. The highest BCUT2D eigenvalue weighted by Crippen LogP contribution is 2.32. The summed E-state index contributed by atoms with van der Waals surface area (Å²) in [4.78, 5) is 10.8. The first-order valence-electron chi connectivity index (χ1n) is 7.14. The number of halogens is 1. The molecule has 1 aliphatic carbocycles. The van der Waals surface area contributed by atoms with Gasteiger partial charge in [0, 0.05) is 34.7 Å². The van der Waals surface area contributed by atoms with Crippen LogP contribution in [0.1, 0.15) is 24.8 Å². The highest BCUT2D eigenvalue weighted by atomic mass is 35.5. The van der Waals surface area contributed by atoms with E-state index in [2.05, 4.69) is 10.9 Å². The van der Waals surface area contributed by atoms with Gasteiger partial charge in [-0.05, 0) is 24.1 Å². The van der Waals surface area contributed by atoms with Gasteiger partial charge in [-0.15, -0.1) is 0 Å². The summed E-state index contributed by atoms with van der Waals surface area (Å²) in [5, 5.41) is 11.7. The summed E-state index contributed by atoms with van der Waals surface area (Å²) in [5.41, 5.74) is 7.35. The predicted molar refractivity (Wildman–Crippen MR) is 78.2 cm³/mol. The van der Waals surface area contributed by atoms with Gasteiger partial charge in [-0.1, -0.05) is 23.7 Å². The van der Waals surface area contributed by atoms with E-state index in [0.717, 1.165) is 12.0 Å². The molecule has 2 N–H and O–H groups in total. The third kappa shape index (κ3) is 3.35. The average molecular weight is 312 g/mol. The molecule has 0 radical (unpaired) electrons. The lowest BCUT2D eigenvalue weighted by Gasteiger charge is -2.28. The van der Waals surface area contributed by atoms with E-state index in [-0.39, 0.29) is 23.1 Å². The van der Waals surface area contributed by atoms with Gasteiger partial charge in [-0.3, -0.25) is 15.5 Å². The molecule has 3 rings (SSSR count). The summed E-state index contributed by atoms with van der Waals surface area (Å²) in [6.07, 6.45) is 1.81. The molecule has 1 heterocycles. The molecule has 0 bridgehead atoms. The van der Waals surface area contributed by atoms with Crippen molar-refractivity contribution in [1.82, 2.24) is 10.9 Å². The third-order valence-corrected chi connectivity index (χ3v) is 4.56. The number of nitrogens with zero attached hydrogens (tertiary/aromatic N) is 1. The Hall–Kier alpha value is -1.21. The molecule has 0 amide bonds. The summed E-state index contributed by atoms with van der Waals surface area (Å²) in [5.74, 6) is 0.140. The van der Waals surface area contributed by atoms with Crippen molar-refractivity contribution in [3.8, 4) is 0 Å². The van der Waals surface area contributed by atoms with Crippen LogP contribution in [-0.2, 0) is 11.3 Å². The summed E-state index contributed by atoms with van der Waals surface area (Å²) in [6, 6.07) is 7.30. The molecule has 0 spiro atoms. The summed E-state index contributed by atoms with van der Waals surface area (Å²) < 4.78 is 5.89. The van der Waals surface area contributed by atoms with Crippen molar-refractivity contribution in [3.05, 3.63) is 45.0 Å². The van der Waals surface area contributed by atoms with Crippen LogP contribution in [0.5, 0.6) is 0 Å². The van der Waals surface area contributed by atoms with Crippen LogP contribution < -0.4 is 10.9 Å². The fourth-order valence-corrected chi connectivity index (χ4v) is 3.24. The van der Waals surface area contributed by atoms with Crippen molar-refractivity contribution >= 4 is 11.6 Å². The van der Waals surface area contributed by atoms with Gasteiger partial charge in [0.05, 0.1) is 6.61 Å². The van der Waals surface area contributed by atoms with Gasteiger partial charge < -0.3 is 4.74 Å². The van der Waals surface area contributed by atoms with Crippen LogP contribution in [-0.4, -0.2) is 23.2 Å². The Balaban J connectivity index is 1.58. The predicted octanol–water partition coefficient (Wildman–Crippen LogP) is 2.10. The number of hydrogen-bond donors (Lipinski definition) is 2. The van der Waals surface area contributed by atoms with Crippen LogP contribution >= 0.6 is 11.6 Å². The molecule has 1 aliphatic heterocycles. The van der Waals surface area contributed by atoms with Crippen molar-refractivity contribution in [3.63, 3.8) is 0 Å². The number of nitrogens with one attached hydrogen (secondary N) is 2. The highest BCUT2D eigenvalue weighted by molar-refractivity contribution is 6.30. The van der Waals surface area contributed by atoms with Gasteiger partial charge in [0.2, 0.25) is 6.04 Å². The van der Waals surface area contributed by atoms with Crippen LogP contribution in [0.3, 0.4) is 0 Å². The molecular weight excluding hydrogens is 294 g/mol. The fourth-order valence-electron chi connectivity index (χ4n) is 3.12. The Morgan fingerprint density at radius 3 is 2.76 bits per heavy atom. The lowest BCUT2D eigenvalue weighted by Crippen LogP contribution is -2.40. The Labute approximate surface area is 127 Å². The molecule has 114 valence electrons. The molecule has 1 saturated carbocycles. The molecule has 1 aromatic rings. The van der Waals surface area contributed by atoms with Crippen molar-refractivity contribution in [1.29, 1.82) is 0 Å². The zero-order chi connectivity index (χ0) is 14.8. The van der Waals surface area contributed by atoms with Crippen LogP contribution in [0.2, 0.25) is 5.02 Å². The largest absolute Gasteiger partial charge is 0.357 e. The van der Waals surface area contributed by atoms with Crippen molar-refractivity contribution in [2.24, 2.45) is 5.92 Å². The van der Waals surface area contributed by atoms with Crippen molar-refractivity contribution < 1.29 is 9.66 Å². The second kappa shape index (κ2) is 6.27. The van der Waals surface area contributed by atoms with Gasteiger partial charge in [0.15, 0.2) is 0 Å². The van der Waals surface area contributed by atoms with Crippen LogP contribution in [0.15, 0.2) is 24.3 Å². The Kier molecular flexibility index (Phi) is 4.40. The summed E-state index contributed by atoms with van der Waals surface area (Å²) >= 11 is 5.85. The fraction of sp³-hybridized carbons (Fsp3) is 0.571. The molecule has 2 aliphatic rings. The number of benzene rings is 1. The standard InChI is InChI=1S/C14H18ClN3O3/c15-10-3-1-9(2-4-10)8-21-14-12-7-11(18(19)20)5-6-13(12)16-17-14/h1-4,11-14,16-17H,5-8H2. The van der Waals surface area contributed by atoms with E-state index in [4.69, 9.17) is 16.3 Å². The first-order chi connectivity index (χ1) is 10.1.